The van der Waals surface area contributed by atoms with Crippen molar-refractivity contribution in [3.05, 3.63) is 41.0 Å². The zero-order chi connectivity index (χ0) is 12.4. The number of carboxylic acid groups (broad SMARTS) is 1. The molecule has 4 nitrogen and oxygen atoms in total. The van der Waals surface area contributed by atoms with Crippen LogP contribution in [0.2, 0.25) is 0 Å². The smallest absolute Gasteiger partial charge is 0.328 e. The number of hydrogen-bond donors (Lipinski definition) is 1. The molecule has 1 aromatic carbocycles. The molecule has 0 saturated heterocycles. The van der Waals surface area contributed by atoms with E-state index in [1.54, 1.807) is 6.07 Å². The average molecular weight is 232 g/mol. The zero-order valence-electron chi connectivity index (χ0n) is 9.40. The van der Waals surface area contributed by atoms with E-state index in [1.807, 2.05) is 19.1 Å². The summed E-state index contributed by atoms with van der Waals surface area (Å²) in [6, 6.07) is 5.41. The molecule has 1 aliphatic heterocycles. The van der Waals surface area contributed by atoms with Gasteiger partial charge in [-0.3, -0.25) is 4.79 Å². The highest BCUT2D eigenvalue weighted by Gasteiger charge is 2.26. The molecule has 0 spiro atoms. The van der Waals surface area contributed by atoms with Gasteiger partial charge in [-0.2, -0.15) is 0 Å². The number of aliphatic carboxylic acids is 1. The number of carbonyl (C=O) groups is 2. The molecule has 17 heavy (non-hydrogen) atoms. The minimum atomic E-state index is -1.13. The third-order valence-electron chi connectivity index (χ3n) is 2.69. The zero-order valence-corrected chi connectivity index (χ0v) is 9.40. The van der Waals surface area contributed by atoms with Crippen molar-refractivity contribution in [2.75, 3.05) is 6.61 Å². The summed E-state index contributed by atoms with van der Waals surface area (Å²) in [5.41, 5.74) is 1.56. The Morgan fingerprint density at radius 2 is 2.29 bits per heavy atom. The molecule has 1 aromatic rings. The van der Waals surface area contributed by atoms with Crippen LogP contribution in [0.25, 0.3) is 0 Å². The summed E-state index contributed by atoms with van der Waals surface area (Å²) in [6.07, 6.45) is 1.62. The molecule has 0 saturated carbocycles. The lowest BCUT2D eigenvalue weighted by atomic mass is 9.94. The minimum absolute atomic E-state index is 0.0191. The largest absolute Gasteiger partial charge is 0.488 e. The van der Waals surface area contributed by atoms with Crippen LogP contribution >= 0.6 is 0 Å². The highest BCUT2D eigenvalue weighted by molar-refractivity contribution is 6.14. The Bertz CT molecular complexity index is 500. The number of benzene rings is 1. The van der Waals surface area contributed by atoms with Gasteiger partial charge in [0.25, 0.3) is 0 Å². The predicted molar refractivity (Wildman–Crippen MR) is 61.4 cm³/mol. The molecule has 4 heteroatoms. The van der Waals surface area contributed by atoms with Crippen LogP contribution in [-0.2, 0) is 11.2 Å². The standard InChI is InChI=1S/C13H12O4/c1-2-8-4-3-5-10-12(8)13(16)9(7-17-10)6-11(14)15/h3-6H,2,7H2,1H3,(H,14,15). The Hall–Kier alpha value is -2.10. The van der Waals surface area contributed by atoms with Crippen LogP contribution < -0.4 is 4.74 Å². The van der Waals surface area contributed by atoms with Crippen LogP contribution in [0.5, 0.6) is 5.75 Å². The maximum atomic E-state index is 12.1. The highest BCUT2D eigenvalue weighted by Crippen LogP contribution is 2.30. The fourth-order valence-electron chi connectivity index (χ4n) is 1.89. The Morgan fingerprint density at radius 1 is 1.53 bits per heavy atom. The monoisotopic (exact) mass is 232 g/mol. The molecule has 2 rings (SSSR count). The number of rotatable bonds is 2. The fourth-order valence-corrected chi connectivity index (χ4v) is 1.89. The fraction of sp³-hybridized carbons (Fsp3) is 0.231. The first-order valence-electron chi connectivity index (χ1n) is 5.36. The van der Waals surface area contributed by atoms with Gasteiger partial charge < -0.3 is 9.84 Å². The van der Waals surface area contributed by atoms with Crippen LogP contribution in [0.4, 0.5) is 0 Å². The molecule has 0 atom stereocenters. The van der Waals surface area contributed by atoms with E-state index in [2.05, 4.69) is 0 Å². The molecule has 0 fully saturated rings. The van der Waals surface area contributed by atoms with Crippen LogP contribution in [0.15, 0.2) is 29.8 Å². The van der Waals surface area contributed by atoms with Crippen molar-refractivity contribution < 1.29 is 19.4 Å². The Morgan fingerprint density at radius 3 is 2.94 bits per heavy atom. The second kappa shape index (κ2) is 4.41. The SMILES string of the molecule is CCc1cccc2c1C(=O)C(=CC(=O)O)CO2. The third kappa shape index (κ3) is 2.06. The molecule has 88 valence electrons. The van der Waals surface area contributed by atoms with Gasteiger partial charge in [-0.1, -0.05) is 19.1 Å². The van der Waals surface area contributed by atoms with E-state index in [9.17, 15) is 9.59 Å². The Balaban J connectivity index is 2.51. The van der Waals surface area contributed by atoms with Gasteiger partial charge in [0.05, 0.1) is 5.56 Å². The summed E-state index contributed by atoms with van der Waals surface area (Å²) >= 11 is 0. The summed E-state index contributed by atoms with van der Waals surface area (Å²) in [7, 11) is 0. The Kier molecular flexibility index (Phi) is 2.95. The molecule has 0 amide bonds. The lowest BCUT2D eigenvalue weighted by Crippen LogP contribution is -2.21. The van der Waals surface area contributed by atoms with E-state index < -0.39 is 5.97 Å². The first kappa shape index (κ1) is 11.4. The molecule has 0 aromatic heterocycles. The van der Waals surface area contributed by atoms with Gasteiger partial charge >= 0.3 is 5.97 Å². The van der Waals surface area contributed by atoms with Crippen LogP contribution in [0.3, 0.4) is 0 Å². The van der Waals surface area contributed by atoms with E-state index in [0.717, 1.165) is 11.6 Å². The number of carboxylic acids is 1. The van der Waals surface area contributed by atoms with Gasteiger partial charge in [0.1, 0.15) is 12.4 Å². The van der Waals surface area contributed by atoms with Crippen molar-refractivity contribution in [1.29, 1.82) is 0 Å². The Labute approximate surface area is 98.5 Å². The first-order valence-corrected chi connectivity index (χ1v) is 5.36. The predicted octanol–water partition coefficient (Wildman–Crippen LogP) is 1.84. The summed E-state index contributed by atoms with van der Waals surface area (Å²) in [6.45, 7) is 1.96. The van der Waals surface area contributed by atoms with Crippen molar-refractivity contribution in [1.82, 2.24) is 0 Å². The van der Waals surface area contributed by atoms with E-state index in [1.165, 1.54) is 0 Å². The van der Waals surface area contributed by atoms with Crippen LogP contribution in [-0.4, -0.2) is 23.5 Å². The number of Topliss-reactive ketones (excluding diaryl/α,β-unsaturated/α-hetero) is 1. The molecule has 0 bridgehead atoms. The number of hydrogen-bond acceptors (Lipinski definition) is 3. The molecule has 1 N–H and O–H groups in total. The first-order chi connectivity index (χ1) is 8.13. The molecule has 0 radical (unpaired) electrons. The molecule has 0 unspecified atom stereocenters. The van der Waals surface area contributed by atoms with Crippen molar-refractivity contribution in [2.45, 2.75) is 13.3 Å². The molecule has 1 aliphatic rings. The molecule has 1 heterocycles. The van der Waals surface area contributed by atoms with Gasteiger partial charge in [-0.15, -0.1) is 0 Å². The van der Waals surface area contributed by atoms with Crippen molar-refractivity contribution in [3.8, 4) is 5.75 Å². The maximum absolute atomic E-state index is 12.1. The van der Waals surface area contributed by atoms with E-state index >= 15 is 0 Å². The summed E-state index contributed by atoms with van der Waals surface area (Å²) in [5, 5.41) is 8.67. The lowest BCUT2D eigenvalue weighted by Gasteiger charge is -2.20. The van der Waals surface area contributed by atoms with Crippen molar-refractivity contribution >= 4 is 11.8 Å². The number of ether oxygens (including phenoxy) is 1. The number of ketones is 1. The van der Waals surface area contributed by atoms with E-state index in [4.69, 9.17) is 9.84 Å². The summed E-state index contributed by atoms with van der Waals surface area (Å²) in [5.74, 6) is -0.836. The maximum Gasteiger partial charge on any atom is 0.328 e. The molecular weight excluding hydrogens is 220 g/mol. The van der Waals surface area contributed by atoms with Crippen LogP contribution in [0, 0.1) is 0 Å². The van der Waals surface area contributed by atoms with E-state index in [0.29, 0.717) is 17.7 Å². The van der Waals surface area contributed by atoms with Crippen LogP contribution in [0.1, 0.15) is 22.8 Å². The van der Waals surface area contributed by atoms with Gasteiger partial charge in [0.2, 0.25) is 0 Å². The second-order valence-corrected chi connectivity index (χ2v) is 3.77. The third-order valence-corrected chi connectivity index (χ3v) is 2.69. The number of aryl methyl sites for hydroxylation is 1. The van der Waals surface area contributed by atoms with Gasteiger partial charge in [0.15, 0.2) is 5.78 Å². The lowest BCUT2D eigenvalue weighted by molar-refractivity contribution is -0.131. The summed E-state index contributed by atoms with van der Waals surface area (Å²) in [4.78, 5) is 22.7. The minimum Gasteiger partial charge on any atom is -0.488 e. The van der Waals surface area contributed by atoms with Gasteiger partial charge in [0, 0.05) is 11.6 Å². The highest BCUT2D eigenvalue weighted by atomic mass is 16.5. The van der Waals surface area contributed by atoms with Crippen molar-refractivity contribution in [2.24, 2.45) is 0 Å². The summed E-state index contributed by atoms with van der Waals surface area (Å²) < 4.78 is 5.40. The van der Waals surface area contributed by atoms with Crippen molar-refractivity contribution in [3.63, 3.8) is 0 Å². The van der Waals surface area contributed by atoms with E-state index in [-0.39, 0.29) is 18.0 Å². The number of fused-ring (bicyclic) bond motifs is 1. The molecule has 0 aliphatic carbocycles. The van der Waals surface area contributed by atoms with Gasteiger partial charge in [-0.05, 0) is 18.1 Å². The average Bonchev–Trinajstić information content (AvgIpc) is 2.31. The molecular formula is C13H12O4. The normalized spacial score (nSPS) is 16.5. The second-order valence-electron chi connectivity index (χ2n) is 3.77. The topological polar surface area (TPSA) is 63.6 Å². The van der Waals surface area contributed by atoms with Gasteiger partial charge in [-0.25, -0.2) is 4.79 Å². The quantitative estimate of drug-likeness (QED) is 0.790. The number of carbonyl (C=O) groups excluding carboxylic acids is 1.